The summed E-state index contributed by atoms with van der Waals surface area (Å²) in [6, 6.07) is 1.24. The lowest BCUT2D eigenvalue weighted by Gasteiger charge is -2.10. The monoisotopic (exact) mass is 217 g/mol. The van der Waals surface area contributed by atoms with Gasteiger partial charge in [-0.05, 0) is 19.1 Å². The Hall–Kier alpha value is -1.70. The Morgan fingerprint density at radius 3 is 2.33 bits per heavy atom. The first-order chi connectivity index (χ1) is 6.86. The zero-order chi connectivity index (χ0) is 11.6. The van der Waals surface area contributed by atoms with Crippen LogP contribution in [0.2, 0.25) is 0 Å². The van der Waals surface area contributed by atoms with E-state index in [1.807, 2.05) is 0 Å². The summed E-state index contributed by atoms with van der Waals surface area (Å²) in [7, 11) is 0. The highest BCUT2D eigenvalue weighted by molar-refractivity contribution is 5.53. The van der Waals surface area contributed by atoms with Crippen molar-refractivity contribution in [2.24, 2.45) is 0 Å². The zero-order valence-corrected chi connectivity index (χ0v) is 7.74. The number of halogens is 4. The van der Waals surface area contributed by atoms with E-state index in [1.165, 1.54) is 6.92 Å². The van der Waals surface area contributed by atoms with Gasteiger partial charge in [0, 0.05) is 5.56 Å². The number of hydrogen-bond donors (Lipinski definition) is 1. The molecule has 0 saturated heterocycles. The summed E-state index contributed by atoms with van der Waals surface area (Å²) in [5.41, 5.74) is 3.38. The molecule has 1 rings (SSSR count). The predicted molar refractivity (Wildman–Crippen MR) is 48.4 cm³/mol. The summed E-state index contributed by atoms with van der Waals surface area (Å²) >= 11 is 0. The lowest BCUT2D eigenvalue weighted by atomic mass is 10.1. The second-order valence-corrected chi connectivity index (χ2v) is 2.79. The Balaban J connectivity index is 3.46. The van der Waals surface area contributed by atoms with Crippen LogP contribution in [0.1, 0.15) is 18.1 Å². The second-order valence-electron chi connectivity index (χ2n) is 2.79. The minimum Gasteiger partial charge on any atom is -0.396 e. The average Bonchev–Trinajstić information content (AvgIpc) is 2.09. The summed E-state index contributed by atoms with van der Waals surface area (Å²) in [5.74, 6) is 3.46. The second kappa shape index (κ2) is 3.81. The van der Waals surface area contributed by atoms with Gasteiger partial charge in [-0.25, -0.2) is 4.39 Å². The van der Waals surface area contributed by atoms with Gasteiger partial charge in [0.1, 0.15) is 5.82 Å². The van der Waals surface area contributed by atoms with E-state index in [9.17, 15) is 17.6 Å². The minimum absolute atomic E-state index is 0.316. The van der Waals surface area contributed by atoms with Gasteiger partial charge < -0.3 is 5.73 Å². The van der Waals surface area contributed by atoms with Crippen LogP contribution >= 0.6 is 0 Å². The maximum atomic E-state index is 12.9. The average molecular weight is 217 g/mol. The van der Waals surface area contributed by atoms with Gasteiger partial charge in [-0.1, -0.05) is 5.92 Å². The van der Waals surface area contributed by atoms with Gasteiger partial charge >= 0.3 is 6.18 Å². The summed E-state index contributed by atoms with van der Waals surface area (Å²) < 4.78 is 50.1. The first kappa shape index (κ1) is 11.4. The quantitative estimate of drug-likeness (QED) is 0.403. The smallest absolute Gasteiger partial charge is 0.396 e. The third-order valence-electron chi connectivity index (χ3n) is 1.70. The van der Waals surface area contributed by atoms with Gasteiger partial charge in [-0.3, -0.25) is 0 Å². The van der Waals surface area contributed by atoms with Gasteiger partial charge in [0.25, 0.3) is 0 Å². The van der Waals surface area contributed by atoms with Gasteiger partial charge in [0.05, 0.1) is 11.3 Å². The number of nitrogen functional groups attached to an aromatic ring is 1. The van der Waals surface area contributed by atoms with E-state index < -0.39 is 17.6 Å². The molecular weight excluding hydrogens is 210 g/mol. The molecule has 0 radical (unpaired) electrons. The molecule has 0 atom stereocenters. The van der Waals surface area contributed by atoms with E-state index in [-0.39, 0.29) is 11.3 Å². The molecule has 1 aromatic carbocycles. The molecule has 0 amide bonds. The molecule has 5 heteroatoms. The molecule has 0 fully saturated rings. The Labute approximate surface area is 83.9 Å². The normalized spacial score (nSPS) is 10.7. The fourth-order valence-electron chi connectivity index (χ4n) is 1.06. The maximum absolute atomic E-state index is 12.9. The molecule has 0 saturated carbocycles. The summed E-state index contributed by atoms with van der Waals surface area (Å²) in [5, 5.41) is 0. The summed E-state index contributed by atoms with van der Waals surface area (Å²) in [6.45, 7) is 1.39. The SMILES string of the molecule is CC#Cc1cc(N)c(F)cc1C(F)(F)F. The number of benzene rings is 1. The Morgan fingerprint density at radius 2 is 1.87 bits per heavy atom. The van der Waals surface area contributed by atoms with Crippen LogP contribution in [-0.2, 0) is 6.18 Å². The molecule has 0 aliphatic rings. The zero-order valence-electron chi connectivity index (χ0n) is 7.74. The third-order valence-corrected chi connectivity index (χ3v) is 1.70. The molecule has 1 nitrogen and oxygen atoms in total. The highest BCUT2D eigenvalue weighted by atomic mass is 19.4. The van der Waals surface area contributed by atoms with Crippen molar-refractivity contribution < 1.29 is 17.6 Å². The molecule has 0 bridgehead atoms. The van der Waals surface area contributed by atoms with Crippen molar-refractivity contribution >= 4 is 5.69 Å². The van der Waals surface area contributed by atoms with Crippen LogP contribution in [0.4, 0.5) is 23.2 Å². The number of hydrogen-bond acceptors (Lipinski definition) is 1. The lowest BCUT2D eigenvalue weighted by Crippen LogP contribution is -2.09. The molecule has 0 unspecified atom stereocenters. The molecule has 0 heterocycles. The maximum Gasteiger partial charge on any atom is 0.417 e. The van der Waals surface area contributed by atoms with Crippen molar-refractivity contribution in [1.29, 1.82) is 0 Å². The molecule has 0 aliphatic carbocycles. The highest BCUT2D eigenvalue weighted by Gasteiger charge is 2.34. The first-order valence-corrected chi connectivity index (χ1v) is 3.95. The molecule has 15 heavy (non-hydrogen) atoms. The van der Waals surface area contributed by atoms with E-state index in [0.29, 0.717) is 6.07 Å². The molecule has 2 N–H and O–H groups in total. The lowest BCUT2D eigenvalue weighted by molar-refractivity contribution is -0.137. The molecule has 0 aliphatic heterocycles. The van der Waals surface area contributed by atoms with Gasteiger partial charge in [0.2, 0.25) is 0 Å². The van der Waals surface area contributed by atoms with E-state index in [4.69, 9.17) is 5.73 Å². The van der Waals surface area contributed by atoms with Crippen LogP contribution in [0, 0.1) is 17.7 Å². The Kier molecular flexibility index (Phi) is 2.89. The van der Waals surface area contributed by atoms with Gasteiger partial charge in [-0.15, -0.1) is 5.92 Å². The fourth-order valence-corrected chi connectivity index (χ4v) is 1.06. The van der Waals surface area contributed by atoms with E-state index >= 15 is 0 Å². The largest absolute Gasteiger partial charge is 0.417 e. The van der Waals surface area contributed by atoms with E-state index in [0.717, 1.165) is 6.07 Å². The molecule has 0 aromatic heterocycles. The van der Waals surface area contributed by atoms with Crippen LogP contribution in [0.3, 0.4) is 0 Å². The Morgan fingerprint density at radius 1 is 1.27 bits per heavy atom. The molecule has 80 valence electrons. The third kappa shape index (κ3) is 2.40. The first-order valence-electron chi connectivity index (χ1n) is 3.95. The number of anilines is 1. The van der Waals surface area contributed by atoms with Crippen LogP contribution in [-0.4, -0.2) is 0 Å². The van der Waals surface area contributed by atoms with Crippen molar-refractivity contribution in [1.82, 2.24) is 0 Å². The van der Waals surface area contributed by atoms with Crippen molar-refractivity contribution in [3.05, 3.63) is 29.1 Å². The number of rotatable bonds is 0. The van der Waals surface area contributed by atoms with E-state index in [1.54, 1.807) is 0 Å². The standard InChI is InChI=1S/C10H7F4N/c1-2-3-6-4-9(15)8(11)5-7(6)10(12,13)14/h4-5H,15H2,1H3. The van der Waals surface area contributed by atoms with E-state index in [2.05, 4.69) is 11.8 Å². The van der Waals surface area contributed by atoms with Crippen molar-refractivity contribution in [2.45, 2.75) is 13.1 Å². The highest BCUT2D eigenvalue weighted by Crippen LogP contribution is 2.33. The van der Waals surface area contributed by atoms with Crippen LogP contribution in [0.5, 0.6) is 0 Å². The molecular formula is C10H7F4N. The van der Waals surface area contributed by atoms with Crippen LogP contribution in [0.15, 0.2) is 12.1 Å². The molecule has 0 spiro atoms. The van der Waals surface area contributed by atoms with Crippen molar-refractivity contribution in [2.75, 3.05) is 5.73 Å². The topological polar surface area (TPSA) is 26.0 Å². The summed E-state index contributed by atoms with van der Waals surface area (Å²) in [4.78, 5) is 0. The fraction of sp³-hybridized carbons (Fsp3) is 0.200. The molecule has 1 aromatic rings. The minimum atomic E-state index is -4.63. The summed E-state index contributed by atoms with van der Waals surface area (Å²) in [6.07, 6.45) is -4.63. The van der Waals surface area contributed by atoms with Crippen LogP contribution < -0.4 is 5.73 Å². The predicted octanol–water partition coefficient (Wildman–Crippen LogP) is 2.80. The van der Waals surface area contributed by atoms with Gasteiger partial charge in [-0.2, -0.15) is 13.2 Å². The van der Waals surface area contributed by atoms with Crippen molar-refractivity contribution in [3.63, 3.8) is 0 Å². The number of nitrogens with two attached hydrogens (primary N) is 1. The number of alkyl halides is 3. The van der Waals surface area contributed by atoms with Crippen LogP contribution in [0.25, 0.3) is 0 Å². The van der Waals surface area contributed by atoms with Crippen molar-refractivity contribution in [3.8, 4) is 11.8 Å². The van der Waals surface area contributed by atoms with Gasteiger partial charge in [0.15, 0.2) is 0 Å². The Bertz CT molecular complexity index is 437.